The highest BCUT2D eigenvalue weighted by molar-refractivity contribution is 6.30. The van der Waals surface area contributed by atoms with E-state index in [1.165, 1.54) is 37.7 Å². The van der Waals surface area contributed by atoms with Crippen LogP contribution in [0, 0.1) is 6.92 Å². The lowest BCUT2D eigenvalue weighted by molar-refractivity contribution is 0.262. The summed E-state index contributed by atoms with van der Waals surface area (Å²) in [5.41, 5.74) is 5.42. The predicted molar refractivity (Wildman–Crippen MR) is 140 cm³/mol. The van der Waals surface area contributed by atoms with Gasteiger partial charge in [0.1, 0.15) is 17.2 Å². The van der Waals surface area contributed by atoms with Crippen LogP contribution >= 0.6 is 11.6 Å². The zero-order valence-corrected chi connectivity index (χ0v) is 19.9. The van der Waals surface area contributed by atoms with E-state index in [1.54, 1.807) is 24.3 Å². The third-order valence-electron chi connectivity index (χ3n) is 6.23. The molecule has 7 heteroatoms. The van der Waals surface area contributed by atoms with Crippen molar-refractivity contribution < 1.29 is 4.79 Å². The third kappa shape index (κ3) is 5.02. The fraction of sp³-hybridized carbons (Fsp3) is 0.259. The predicted octanol–water partition coefficient (Wildman–Crippen LogP) is 7.35. The summed E-state index contributed by atoms with van der Waals surface area (Å²) in [4.78, 5) is 17.3. The number of nitrogens with one attached hydrogen (secondary N) is 3. The minimum absolute atomic E-state index is 0.307. The standard InChI is InChI=1S/C27H28ClN5O/c1-18-7-16-24-32-25(26(33(24)17-18)29-21-5-3-2-4-6-21)19-8-12-22(13-9-19)30-27(34)31-23-14-10-20(28)11-15-23/h7-17,21,29H,2-6H2,1H3,(H2,30,31,34). The number of aryl methyl sites for hydroxylation is 1. The largest absolute Gasteiger partial charge is 0.367 e. The Balaban J connectivity index is 1.37. The number of benzene rings is 2. The lowest BCUT2D eigenvalue weighted by atomic mass is 9.95. The molecule has 1 saturated carbocycles. The van der Waals surface area contributed by atoms with Gasteiger partial charge < -0.3 is 16.0 Å². The van der Waals surface area contributed by atoms with Crippen molar-refractivity contribution in [3.05, 3.63) is 77.4 Å². The van der Waals surface area contributed by atoms with Crippen molar-refractivity contribution in [3.63, 3.8) is 0 Å². The molecule has 0 spiro atoms. The molecular weight excluding hydrogens is 446 g/mol. The zero-order chi connectivity index (χ0) is 23.5. The quantitative estimate of drug-likeness (QED) is 0.283. The van der Waals surface area contributed by atoms with Crippen LogP contribution in [0.4, 0.5) is 22.0 Å². The molecule has 2 amide bonds. The summed E-state index contributed by atoms with van der Waals surface area (Å²) in [5.74, 6) is 1.03. The van der Waals surface area contributed by atoms with Gasteiger partial charge in [-0.15, -0.1) is 0 Å². The highest BCUT2D eigenvalue weighted by Gasteiger charge is 2.20. The number of pyridine rings is 1. The second-order valence-electron chi connectivity index (χ2n) is 8.89. The molecule has 5 rings (SSSR count). The molecule has 0 bridgehead atoms. The molecule has 1 aliphatic rings. The highest BCUT2D eigenvalue weighted by atomic mass is 35.5. The van der Waals surface area contributed by atoms with Crippen molar-refractivity contribution in [2.45, 2.75) is 45.1 Å². The van der Waals surface area contributed by atoms with E-state index >= 15 is 0 Å². The molecule has 6 nitrogen and oxygen atoms in total. The van der Waals surface area contributed by atoms with Crippen LogP contribution in [0.5, 0.6) is 0 Å². The molecule has 0 atom stereocenters. The Kier molecular flexibility index (Phi) is 6.41. The summed E-state index contributed by atoms with van der Waals surface area (Å²) in [7, 11) is 0. The first kappa shape index (κ1) is 22.3. The van der Waals surface area contributed by atoms with Crippen molar-refractivity contribution in [2.24, 2.45) is 0 Å². The van der Waals surface area contributed by atoms with Crippen LogP contribution < -0.4 is 16.0 Å². The maximum absolute atomic E-state index is 12.4. The molecule has 2 heterocycles. The number of amides is 2. The number of hydrogen-bond acceptors (Lipinski definition) is 3. The van der Waals surface area contributed by atoms with E-state index in [0.717, 1.165) is 22.7 Å². The molecule has 0 unspecified atom stereocenters. The van der Waals surface area contributed by atoms with Gasteiger partial charge in [-0.1, -0.05) is 49.1 Å². The van der Waals surface area contributed by atoms with Gasteiger partial charge in [0.25, 0.3) is 0 Å². The Bertz CT molecular complexity index is 1290. The molecule has 0 saturated heterocycles. The van der Waals surface area contributed by atoms with Crippen molar-refractivity contribution >= 4 is 40.5 Å². The number of rotatable bonds is 5. The molecule has 0 aliphatic heterocycles. The number of imidazole rings is 1. The summed E-state index contributed by atoms with van der Waals surface area (Å²) in [6, 6.07) is 19.1. The van der Waals surface area contributed by atoms with E-state index in [-0.39, 0.29) is 6.03 Å². The van der Waals surface area contributed by atoms with Gasteiger partial charge in [0.15, 0.2) is 0 Å². The molecule has 0 radical (unpaired) electrons. The first-order valence-electron chi connectivity index (χ1n) is 11.7. The van der Waals surface area contributed by atoms with Crippen LogP contribution in [0.3, 0.4) is 0 Å². The number of hydrogen-bond donors (Lipinski definition) is 3. The molecule has 1 fully saturated rings. The van der Waals surface area contributed by atoms with Gasteiger partial charge in [0.05, 0.1) is 0 Å². The Morgan fingerprint density at radius 3 is 2.24 bits per heavy atom. The summed E-state index contributed by atoms with van der Waals surface area (Å²) >= 11 is 5.90. The van der Waals surface area contributed by atoms with E-state index in [1.807, 2.05) is 24.3 Å². The number of aromatic nitrogens is 2. The number of carbonyl (C=O) groups excluding carboxylic acids is 1. The smallest absolute Gasteiger partial charge is 0.323 e. The van der Waals surface area contributed by atoms with Crippen LogP contribution in [0.15, 0.2) is 66.9 Å². The Hall–Kier alpha value is -3.51. The zero-order valence-electron chi connectivity index (χ0n) is 19.1. The Morgan fingerprint density at radius 2 is 1.56 bits per heavy atom. The second kappa shape index (κ2) is 9.77. The van der Waals surface area contributed by atoms with Crippen LogP contribution in [-0.4, -0.2) is 21.5 Å². The van der Waals surface area contributed by atoms with Crippen LogP contribution in [0.1, 0.15) is 37.7 Å². The molecule has 3 N–H and O–H groups in total. The van der Waals surface area contributed by atoms with Crippen LogP contribution in [0.25, 0.3) is 16.9 Å². The normalized spacial score (nSPS) is 14.2. The Labute approximate surface area is 204 Å². The van der Waals surface area contributed by atoms with Gasteiger partial charge in [0, 0.05) is 34.2 Å². The first-order valence-corrected chi connectivity index (χ1v) is 12.1. The lowest BCUT2D eigenvalue weighted by Crippen LogP contribution is -2.23. The van der Waals surface area contributed by atoms with Gasteiger partial charge in [-0.25, -0.2) is 9.78 Å². The number of fused-ring (bicyclic) bond motifs is 1. The van der Waals surface area contributed by atoms with Gasteiger partial charge in [-0.3, -0.25) is 4.40 Å². The highest BCUT2D eigenvalue weighted by Crippen LogP contribution is 2.32. The summed E-state index contributed by atoms with van der Waals surface area (Å²) in [5, 5.41) is 10.1. The fourth-order valence-corrected chi connectivity index (χ4v) is 4.59. The minimum Gasteiger partial charge on any atom is -0.367 e. The topological polar surface area (TPSA) is 70.5 Å². The van der Waals surface area contributed by atoms with E-state index in [0.29, 0.717) is 22.4 Å². The van der Waals surface area contributed by atoms with Gasteiger partial charge in [-0.2, -0.15) is 0 Å². The van der Waals surface area contributed by atoms with E-state index in [9.17, 15) is 4.79 Å². The van der Waals surface area contributed by atoms with E-state index in [2.05, 4.69) is 45.6 Å². The average molecular weight is 474 g/mol. The number of urea groups is 1. The molecule has 2 aromatic carbocycles. The maximum atomic E-state index is 12.4. The molecule has 2 aromatic heterocycles. The Morgan fingerprint density at radius 1 is 0.912 bits per heavy atom. The van der Waals surface area contributed by atoms with E-state index < -0.39 is 0 Å². The van der Waals surface area contributed by atoms with Gasteiger partial charge in [-0.05, 0) is 67.8 Å². The average Bonchev–Trinajstić information content (AvgIpc) is 3.19. The first-order chi connectivity index (χ1) is 16.5. The van der Waals surface area contributed by atoms with Gasteiger partial charge >= 0.3 is 6.03 Å². The molecule has 4 aromatic rings. The molecule has 174 valence electrons. The lowest BCUT2D eigenvalue weighted by Gasteiger charge is -2.24. The van der Waals surface area contributed by atoms with Crippen molar-refractivity contribution in [1.82, 2.24) is 9.38 Å². The van der Waals surface area contributed by atoms with Crippen molar-refractivity contribution in [3.8, 4) is 11.3 Å². The number of nitrogens with zero attached hydrogens (tertiary/aromatic N) is 2. The number of halogens is 1. The monoisotopic (exact) mass is 473 g/mol. The summed E-state index contributed by atoms with van der Waals surface area (Å²) in [6.45, 7) is 2.10. The SMILES string of the molecule is Cc1ccc2nc(-c3ccc(NC(=O)Nc4ccc(Cl)cc4)cc3)c(NC3CCCCC3)n2c1. The van der Waals surface area contributed by atoms with E-state index in [4.69, 9.17) is 16.6 Å². The summed E-state index contributed by atoms with van der Waals surface area (Å²) in [6.07, 6.45) is 8.35. The second-order valence-corrected chi connectivity index (χ2v) is 9.32. The maximum Gasteiger partial charge on any atom is 0.323 e. The van der Waals surface area contributed by atoms with Crippen molar-refractivity contribution in [1.29, 1.82) is 0 Å². The molecule has 34 heavy (non-hydrogen) atoms. The summed E-state index contributed by atoms with van der Waals surface area (Å²) < 4.78 is 2.16. The number of anilines is 3. The van der Waals surface area contributed by atoms with Crippen LogP contribution in [0.2, 0.25) is 5.02 Å². The van der Waals surface area contributed by atoms with Crippen molar-refractivity contribution in [2.75, 3.05) is 16.0 Å². The minimum atomic E-state index is -0.307. The molecule has 1 aliphatic carbocycles. The molecular formula is C27H28ClN5O. The van der Waals surface area contributed by atoms with Crippen LogP contribution in [-0.2, 0) is 0 Å². The fourth-order valence-electron chi connectivity index (χ4n) is 4.47. The third-order valence-corrected chi connectivity index (χ3v) is 6.48. The number of carbonyl (C=O) groups is 1. The van der Waals surface area contributed by atoms with Gasteiger partial charge in [0.2, 0.25) is 0 Å².